The highest BCUT2D eigenvalue weighted by Gasteiger charge is 2.26. The van der Waals surface area contributed by atoms with Crippen LogP contribution in [-0.2, 0) is 6.54 Å². The molecule has 0 saturated carbocycles. The minimum Gasteiger partial charge on any atom is -0.369 e. The number of nitrogens with one attached hydrogen (secondary N) is 1. The van der Waals surface area contributed by atoms with E-state index in [-0.39, 0.29) is 0 Å². The van der Waals surface area contributed by atoms with E-state index in [4.69, 9.17) is 0 Å². The van der Waals surface area contributed by atoms with Gasteiger partial charge in [0, 0.05) is 35.3 Å². The summed E-state index contributed by atoms with van der Waals surface area (Å²) in [7, 11) is 0. The summed E-state index contributed by atoms with van der Waals surface area (Å²) in [6, 6.07) is 7.94. The third-order valence-corrected chi connectivity index (χ3v) is 4.59. The van der Waals surface area contributed by atoms with Gasteiger partial charge in [-0.2, -0.15) is 0 Å². The van der Waals surface area contributed by atoms with E-state index in [0.29, 0.717) is 12.1 Å². The van der Waals surface area contributed by atoms with E-state index in [1.165, 1.54) is 28.7 Å². The second-order valence-corrected chi connectivity index (χ2v) is 7.01. The van der Waals surface area contributed by atoms with Gasteiger partial charge in [-0.05, 0) is 37.0 Å². The Labute approximate surface area is 125 Å². The van der Waals surface area contributed by atoms with Crippen molar-refractivity contribution in [1.29, 1.82) is 0 Å². The van der Waals surface area contributed by atoms with Crippen LogP contribution in [0.2, 0.25) is 0 Å². The number of rotatable bonds is 4. The second-order valence-electron chi connectivity index (χ2n) is 6.15. The molecule has 3 heteroatoms. The van der Waals surface area contributed by atoms with Crippen LogP contribution >= 0.6 is 15.9 Å². The monoisotopic (exact) mass is 324 g/mol. The van der Waals surface area contributed by atoms with Crippen molar-refractivity contribution in [1.82, 2.24) is 5.32 Å². The molecule has 1 aliphatic rings. The molecule has 1 saturated heterocycles. The number of nitrogens with zero attached hydrogens (tertiary/aromatic N) is 1. The first-order valence-electron chi connectivity index (χ1n) is 7.25. The summed E-state index contributed by atoms with van der Waals surface area (Å²) < 4.78 is 1.21. The highest BCUT2D eigenvalue weighted by atomic mass is 79.9. The first-order valence-corrected chi connectivity index (χ1v) is 8.05. The molecular weight excluding hydrogens is 300 g/mol. The minimum atomic E-state index is 0.519. The average molecular weight is 325 g/mol. The molecule has 2 unspecified atom stereocenters. The van der Waals surface area contributed by atoms with Gasteiger partial charge in [-0.15, -0.1) is 0 Å². The van der Waals surface area contributed by atoms with Crippen LogP contribution in [-0.4, -0.2) is 18.6 Å². The maximum Gasteiger partial charge on any atom is 0.0380 e. The molecule has 0 aromatic heterocycles. The fourth-order valence-electron chi connectivity index (χ4n) is 2.83. The SMILES string of the molecule is CC1CC(C)N(c2ccc(CNC(C)C)c(Br)c2)C1. The van der Waals surface area contributed by atoms with E-state index >= 15 is 0 Å². The number of benzene rings is 1. The summed E-state index contributed by atoms with van der Waals surface area (Å²) in [4.78, 5) is 2.52. The van der Waals surface area contributed by atoms with Crippen molar-refractivity contribution < 1.29 is 0 Å². The number of hydrogen-bond donors (Lipinski definition) is 1. The molecule has 2 rings (SSSR count). The first kappa shape index (κ1) is 14.9. The number of hydrogen-bond acceptors (Lipinski definition) is 2. The van der Waals surface area contributed by atoms with Gasteiger partial charge in [-0.3, -0.25) is 0 Å². The van der Waals surface area contributed by atoms with E-state index < -0.39 is 0 Å². The highest BCUT2D eigenvalue weighted by Crippen LogP contribution is 2.31. The molecule has 0 amide bonds. The minimum absolute atomic E-state index is 0.519. The predicted molar refractivity (Wildman–Crippen MR) is 86.7 cm³/mol. The molecule has 0 spiro atoms. The van der Waals surface area contributed by atoms with Gasteiger partial charge in [0.2, 0.25) is 0 Å². The van der Waals surface area contributed by atoms with Crippen molar-refractivity contribution in [3.05, 3.63) is 28.2 Å². The molecule has 1 aliphatic heterocycles. The van der Waals surface area contributed by atoms with E-state index in [1.807, 2.05) is 0 Å². The lowest BCUT2D eigenvalue weighted by Gasteiger charge is -2.24. The Morgan fingerprint density at radius 2 is 2.11 bits per heavy atom. The van der Waals surface area contributed by atoms with Gasteiger partial charge < -0.3 is 10.2 Å². The van der Waals surface area contributed by atoms with Crippen molar-refractivity contribution in [3.8, 4) is 0 Å². The third kappa shape index (κ3) is 3.73. The summed E-state index contributed by atoms with van der Waals surface area (Å²) in [5.74, 6) is 0.802. The summed E-state index contributed by atoms with van der Waals surface area (Å²) in [5, 5.41) is 3.46. The molecule has 1 aromatic rings. The molecule has 0 radical (unpaired) electrons. The van der Waals surface area contributed by atoms with Crippen LogP contribution in [0.15, 0.2) is 22.7 Å². The third-order valence-electron chi connectivity index (χ3n) is 3.85. The van der Waals surface area contributed by atoms with Crippen LogP contribution in [0, 0.1) is 5.92 Å². The van der Waals surface area contributed by atoms with Gasteiger partial charge in [0.05, 0.1) is 0 Å². The molecule has 1 N–H and O–H groups in total. The lowest BCUT2D eigenvalue weighted by Crippen LogP contribution is -2.26. The lowest BCUT2D eigenvalue weighted by molar-refractivity contribution is 0.588. The quantitative estimate of drug-likeness (QED) is 0.893. The molecular formula is C16H25BrN2. The Morgan fingerprint density at radius 1 is 1.37 bits per heavy atom. The van der Waals surface area contributed by atoms with Crippen LogP contribution in [0.3, 0.4) is 0 Å². The van der Waals surface area contributed by atoms with Crippen LogP contribution in [0.25, 0.3) is 0 Å². The van der Waals surface area contributed by atoms with Crippen LogP contribution < -0.4 is 10.2 Å². The molecule has 1 fully saturated rings. The smallest absolute Gasteiger partial charge is 0.0380 e. The van der Waals surface area contributed by atoms with Crippen molar-refractivity contribution in [2.45, 2.75) is 52.7 Å². The molecule has 2 atom stereocenters. The van der Waals surface area contributed by atoms with Crippen molar-refractivity contribution >= 4 is 21.6 Å². The van der Waals surface area contributed by atoms with E-state index in [0.717, 1.165) is 12.5 Å². The molecule has 0 bridgehead atoms. The summed E-state index contributed by atoms with van der Waals surface area (Å²) in [6.45, 7) is 11.1. The zero-order chi connectivity index (χ0) is 14.0. The van der Waals surface area contributed by atoms with Crippen LogP contribution in [0.1, 0.15) is 39.7 Å². The molecule has 106 valence electrons. The number of halogens is 1. The van der Waals surface area contributed by atoms with Gasteiger partial charge in [-0.25, -0.2) is 0 Å². The largest absolute Gasteiger partial charge is 0.369 e. The second kappa shape index (κ2) is 6.27. The van der Waals surface area contributed by atoms with Gasteiger partial charge in [0.1, 0.15) is 0 Å². The van der Waals surface area contributed by atoms with E-state index in [2.05, 4.69) is 72.0 Å². The van der Waals surface area contributed by atoms with Gasteiger partial charge in [0.25, 0.3) is 0 Å². The summed E-state index contributed by atoms with van der Waals surface area (Å²) in [5.41, 5.74) is 2.68. The fourth-order valence-corrected chi connectivity index (χ4v) is 3.34. The maximum atomic E-state index is 3.71. The Balaban J connectivity index is 2.10. The van der Waals surface area contributed by atoms with Crippen molar-refractivity contribution in [2.24, 2.45) is 5.92 Å². The Bertz CT molecular complexity index is 431. The maximum absolute atomic E-state index is 3.71. The molecule has 0 aliphatic carbocycles. The fraction of sp³-hybridized carbons (Fsp3) is 0.625. The average Bonchev–Trinajstić information content (AvgIpc) is 2.66. The normalized spacial score (nSPS) is 23.4. The topological polar surface area (TPSA) is 15.3 Å². The molecule has 19 heavy (non-hydrogen) atoms. The van der Waals surface area contributed by atoms with Crippen LogP contribution in [0.5, 0.6) is 0 Å². The van der Waals surface area contributed by atoms with E-state index in [1.54, 1.807) is 0 Å². The molecule has 1 heterocycles. The Morgan fingerprint density at radius 3 is 2.63 bits per heavy atom. The Hall–Kier alpha value is -0.540. The standard InChI is InChI=1S/C16H25BrN2/c1-11(2)18-9-14-5-6-15(8-16(14)17)19-10-12(3)7-13(19)4/h5-6,8,11-13,18H,7,9-10H2,1-4H3. The zero-order valence-electron chi connectivity index (χ0n) is 12.4. The van der Waals surface area contributed by atoms with Crippen LogP contribution in [0.4, 0.5) is 5.69 Å². The lowest BCUT2D eigenvalue weighted by atomic mass is 10.1. The molecule has 1 aromatic carbocycles. The highest BCUT2D eigenvalue weighted by molar-refractivity contribution is 9.10. The number of anilines is 1. The van der Waals surface area contributed by atoms with Crippen molar-refractivity contribution in [2.75, 3.05) is 11.4 Å². The first-order chi connectivity index (χ1) is 8.97. The van der Waals surface area contributed by atoms with Gasteiger partial charge in [-0.1, -0.05) is 42.8 Å². The van der Waals surface area contributed by atoms with E-state index in [9.17, 15) is 0 Å². The predicted octanol–water partition coefficient (Wildman–Crippen LogP) is 4.18. The van der Waals surface area contributed by atoms with Gasteiger partial charge >= 0.3 is 0 Å². The summed E-state index contributed by atoms with van der Waals surface area (Å²) in [6.07, 6.45) is 1.30. The zero-order valence-corrected chi connectivity index (χ0v) is 14.0. The molecule has 2 nitrogen and oxygen atoms in total. The Kier molecular flexibility index (Phi) is 4.91. The summed E-state index contributed by atoms with van der Waals surface area (Å²) >= 11 is 3.71. The van der Waals surface area contributed by atoms with Crippen molar-refractivity contribution in [3.63, 3.8) is 0 Å². The van der Waals surface area contributed by atoms with Gasteiger partial charge in [0.15, 0.2) is 0 Å².